The van der Waals surface area contributed by atoms with Gasteiger partial charge in [0.15, 0.2) is 12.6 Å². The maximum atomic E-state index is 13.2. The van der Waals surface area contributed by atoms with Crippen LogP contribution in [0.1, 0.15) is 206 Å². The Kier molecular flexibility index (Phi) is 41.5. The van der Waals surface area contributed by atoms with E-state index in [1.54, 1.807) is 6.08 Å². The monoisotopic (exact) mass is 1050 g/mol. The zero-order valence-corrected chi connectivity index (χ0v) is 45.8. The van der Waals surface area contributed by atoms with Crippen LogP contribution in [-0.4, -0.2) is 140 Å². The topological polar surface area (TPSA) is 228 Å². The summed E-state index contributed by atoms with van der Waals surface area (Å²) in [5.74, 6) is -0.273. The summed E-state index contributed by atoms with van der Waals surface area (Å²) in [6, 6.07) is -0.950. The first-order valence-corrected chi connectivity index (χ1v) is 29.2. The SMILES string of the molecule is CC/C=C\C/C=C\C/C=C\CCCCCCCC(=O)NC(COC1OC(CO)C(OC2OC(CO)C(O)C(O)C2O)C(O)C1O)C(O)/C=C/CC/C=C/CC/C=C/CCCCCCCCCCCCCCCCC. The molecule has 9 N–H and O–H groups in total. The zero-order valence-electron chi connectivity index (χ0n) is 45.8. The molecule has 0 aliphatic carbocycles. The molecule has 0 radical (unpaired) electrons. The molecule has 2 aliphatic heterocycles. The van der Waals surface area contributed by atoms with E-state index in [-0.39, 0.29) is 18.9 Å². The lowest BCUT2D eigenvalue weighted by Gasteiger charge is -2.46. The lowest BCUT2D eigenvalue weighted by Crippen LogP contribution is -2.65. The van der Waals surface area contributed by atoms with Crippen LogP contribution in [0.3, 0.4) is 0 Å². The largest absolute Gasteiger partial charge is 0.394 e. The van der Waals surface area contributed by atoms with Crippen LogP contribution in [0, 0.1) is 0 Å². The van der Waals surface area contributed by atoms with Crippen LogP contribution in [-0.2, 0) is 23.7 Å². The molecule has 74 heavy (non-hydrogen) atoms. The maximum Gasteiger partial charge on any atom is 0.220 e. The number of amides is 1. The van der Waals surface area contributed by atoms with Crippen molar-refractivity contribution in [3.05, 3.63) is 72.9 Å². The summed E-state index contributed by atoms with van der Waals surface area (Å²) in [6.45, 7) is 2.64. The van der Waals surface area contributed by atoms with Crippen LogP contribution in [0.5, 0.6) is 0 Å². The summed E-state index contributed by atoms with van der Waals surface area (Å²) in [4.78, 5) is 13.2. The van der Waals surface area contributed by atoms with Crippen LogP contribution in [0.4, 0.5) is 0 Å². The molecule has 0 aromatic heterocycles. The van der Waals surface area contributed by atoms with Crippen molar-refractivity contribution < 1.29 is 64.6 Å². The Balaban J connectivity index is 1.80. The molecule has 428 valence electrons. The normalized spacial score (nSPS) is 25.8. The maximum absolute atomic E-state index is 13.2. The number of aliphatic hydroxyl groups is 8. The Hall–Kier alpha value is -2.57. The fourth-order valence-electron chi connectivity index (χ4n) is 9.16. The van der Waals surface area contributed by atoms with Crippen molar-refractivity contribution in [1.82, 2.24) is 5.32 Å². The first kappa shape index (κ1) is 67.5. The minimum absolute atomic E-state index is 0.247. The molecular formula is C60H105NO13. The molecule has 12 unspecified atom stereocenters. The third-order valence-electron chi connectivity index (χ3n) is 13.9. The van der Waals surface area contributed by atoms with Gasteiger partial charge < -0.3 is 65.1 Å². The van der Waals surface area contributed by atoms with Gasteiger partial charge in [-0.1, -0.05) is 196 Å². The van der Waals surface area contributed by atoms with Crippen molar-refractivity contribution in [2.45, 2.75) is 280 Å². The van der Waals surface area contributed by atoms with Crippen molar-refractivity contribution in [1.29, 1.82) is 0 Å². The summed E-state index contributed by atoms with van der Waals surface area (Å²) < 4.78 is 22.7. The highest BCUT2D eigenvalue weighted by atomic mass is 16.7. The fourth-order valence-corrected chi connectivity index (χ4v) is 9.16. The van der Waals surface area contributed by atoms with E-state index >= 15 is 0 Å². The van der Waals surface area contributed by atoms with Crippen molar-refractivity contribution in [2.24, 2.45) is 0 Å². The smallest absolute Gasteiger partial charge is 0.220 e. The number of carbonyl (C=O) groups excluding carboxylic acids is 1. The summed E-state index contributed by atoms with van der Waals surface area (Å²) in [5.41, 5.74) is 0. The average Bonchev–Trinajstić information content (AvgIpc) is 3.40. The molecule has 0 aromatic carbocycles. The highest BCUT2D eigenvalue weighted by Crippen LogP contribution is 2.30. The van der Waals surface area contributed by atoms with Crippen molar-refractivity contribution in [3.8, 4) is 0 Å². The molecule has 0 aromatic rings. The number of carbonyl (C=O) groups is 1. The Labute approximate surface area is 447 Å². The molecule has 0 bridgehead atoms. The second-order valence-electron chi connectivity index (χ2n) is 20.4. The van der Waals surface area contributed by atoms with Crippen molar-refractivity contribution >= 4 is 5.91 Å². The molecule has 2 heterocycles. The minimum Gasteiger partial charge on any atom is -0.394 e. The second-order valence-corrected chi connectivity index (χ2v) is 20.4. The molecule has 14 heteroatoms. The van der Waals surface area contributed by atoms with Gasteiger partial charge in [-0.25, -0.2) is 0 Å². The molecular weight excluding hydrogens is 943 g/mol. The van der Waals surface area contributed by atoms with Gasteiger partial charge in [0.25, 0.3) is 0 Å². The highest BCUT2D eigenvalue weighted by Gasteiger charge is 2.51. The predicted molar refractivity (Wildman–Crippen MR) is 295 cm³/mol. The first-order valence-electron chi connectivity index (χ1n) is 29.2. The number of nitrogens with one attached hydrogen (secondary N) is 1. The van der Waals surface area contributed by atoms with Gasteiger partial charge in [-0.3, -0.25) is 4.79 Å². The molecule has 14 nitrogen and oxygen atoms in total. The number of aliphatic hydroxyl groups excluding tert-OH is 8. The first-order chi connectivity index (χ1) is 36.1. The van der Waals surface area contributed by atoms with E-state index in [9.17, 15) is 45.6 Å². The van der Waals surface area contributed by atoms with Crippen molar-refractivity contribution in [3.63, 3.8) is 0 Å². The molecule has 0 saturated carbocycles. The number of rotatable bonds is 45. The molecule has 2 rings (SSSR count). The quantitative estimate of drug-likeness (QED) is 0.0205. The average molecular weight is 1050 g/mol. The predicted octanol–water partition coefficient (Wildman–Crippen LogP) is 9.55. The Bertz CT molecular complexity index is 1520. The van der Waals surface area contributed by atoms with Gasteiger partial charge in [0, 0.05) is 6.42 Å². The number of unbranched alkanes of at least 4 members (excludes halogenated alkanes) is 22. The molecule has 2 fully saturated rings. The highest BCUT2D eigenvalue weighted by molar-refractivity contribution is 5.76. The summed E-state index contributed by atoms with van der Waals surface area (Å²) >= 11 is 0. The molecule has 2 saturated heterocycles. The summed E-state index contributed by atoms with van der Waals surface area (Å²) in [7, 11) is 0. The minimum atomic E-state index is -1.80. The van der Waals surface area contributed by atoms with Crippen LogP contribution in [0.25, 0.3) is 0 Å². The zero-order chi connectivity index (χ0) is 53.9. The van der Waals surface area contributed by atoms with Crippen molar-refractivity contribution in [2.75, 3.05) is 19.8 Å². The van der Waals surface area contributed by atoms with Gasteiger partial charge in [-0.15, -0.1) is 0 Å². The van der Waals surface area contributed by atoms with Gasteiger partial charge in [0.2, 0.25) is 5.91 Å². The molecule has 1 amide bonds. The van der Waals surface area contributed by atoms with E-state index in [1.165, 1.54) is 96.3 Å². The van der Waals surface area contributed by atoms with Gasteiger partial charge >= 0.3 is 0 Å². The van der Waals surface area contributed by atoms with Crippen LogP contribution in [0.2, 0.25) is 0 Å². The lowest BCUT2D eigenvalue weighted by atomic mass is 9.97. The lowest BCUT2D eigenvalue weighted by molar-refractivity contribution is -0.359. The Morgan fingerprint density at radius 1 is 0.500 bits per heavy atom. The van der Waals surface area contributed by atoms with E-state index < -0.39 is 86.8 Å². The van der Waals surface area contributed by atoms with E-state index in [0.29, 0.717) is 12.8 Å². The number of hydrogen-bond donors (Lipinski definition) is 9. The summed E-state index contributed by atoms with van der Waals surface area (Å²) in [5, 5.41) is 87.0. The second kappa shape index (κ2) is 45.4. The number of hydrogen-bond acceptors (Lipinski definition) is 13. The molecule has 12 atom stereocenters. The Morgan fingerprint density at radius 2 is 0.946 bits per heavy atom. The van der Waals surface area contributed by atoms with Gasteiger partial charge in [0.1, 0.15) is 48.8 Å². The Morgan fingerprint density at radius 3 is 1.49 bits per heavy atom. The number of ether oxygens (including phenoxy) is 4. The van der Waals surface area contributed by atoms with Crippen LogP contribution < -0.4 is 5.32 Å². The molecule has 0 spiro atoms. The molecule has 2 aliphatic rings. The van der Waals surface area contributed by atoms with Gasteiger partial charge in [-0.2, -0.15) is 0 Å². The van der Waals surface area contributed by atoms with E-state index in [4.69, 9.17) is 18.9 Å². The third kappa shape index (κ3) is 31.0. The van der Waals surface area contributed by atoms with E-state index in [0.717, 1.165) is 77.0 Å². The third-order valence-corrected chi connectivity index (χ3v) is 13.9. The van der Waals surface area contributed by atoms with E-state index in [1.807, 2.05) is 6.08 Å². The summed E-state index contributed by atoms with van der Waals surface area (Å²) in [6.07, 6.45) is 42.4. The fraction of sp³-hybridized carbons (Fsp3) is 0.783. The van der Waals surface area contributed by atoms with Gasteiger partial charge in [-0.05, 0) is 77.0 Å². The standard InChI is InChI=1S/C60H105NO13/c1-3-5-7-9-11-13-15-17-19-20-21-22-23-24-25-26-27-28-30-31-33-35-37-39-41-43-49(64)48(61-52(65)44-42-40-38-36-34-32-29-18-16-14-12-10-8-6-4-2)47-71-59-57(70)55(68)58(51(46-63)73-59)74-60-56(69)54(67)53(66)50(45-62)72-60/h6,8,12,14,18,27-29,33,35,41,43,48-51,53-60,62-64,66-70H,3-5,7,9-11,13,15-17,19-26,30-32,34,36-40,42,44-47H2,1-2H3,(H,61,65)/b8-6-,14-12-,28-27+,29-18-,35-33+,43-41+. The number of allylic oxidation sites excluding steroid dienone is 11. The van der Waals surface area contributed by atoms with Gasteiger partial charge in [0.05, 0.1) is 32.0 Å². The van der Waals surface area contributed by atoms with E-state index in [2.05, 4.69) is 79.9 Å². The van der Waals surface area contributed by atoms with Crippen LogP contribution >= 0.6 is 0 Å². The van der Waals surface area contributed by atoms with Crippen LogP contribution in [0.15, 0.2) is 72.9 Å².